The Kier molecular flexibility index (Phi) is 3.55. The topological polar surface area (TPSA) is 0 Å². The van der Waals surface area contributed by atoms with Gasteiger partial charge in [-0.1, -0.05) is 0 Å². The van der Waals surface area contributed by atoms with Crippen LogP contribution in [0.25, 0.3) is 0 Å². The first-order valence-electron chi connectivity index (χ1n) is 2.18. The van der Waals surface area contributed by atoms with Crippen molar-refractivity contribution >= 4 is 0 Å². The van der Waals surface area contributed by atoms with Crippen LogP contribution in [0.15, 0.2) is 21.5 Å². The van der Waals surface area contributed by atoms with E-state index in [-0.39, 0.29) is 0 Å². The summed E-state index contributed by atoms with van der Waals surface area (Å²) in [5.41, 5.74) is 2.50. The predicted octanol–water partition coefficient (Wildman–Crippen LogP) is 2.01. The second-order valence-corrected chi connectivity index (χ2v) is 2.32. The maximum atomic E-state index is 3.77. The van der Waals surface area contributed by atoms with Gasteiger partial charge in [-0.25, -0.2) is 0 Å². The van der Waals surface area contributed by atoms with Crippen molar-refractivity contribution in [1.29, 1.82) is 0 Å². The van der Waals surface area contributed by atoms with Crippen LogP contribution < -0.4 is 0 Å². The van der Waals surface area contributed by atoms with Crippen molar-refractivity contribution in [1.82, 2.24) is 0 Å². The molecule has 7 heavy (non-hydrogen) atoms. The minimum atomic E-state index is 1.18. The molecule has 0 bridgehead atoms. The second kappa shape index (κ2) is 3.38. The van der Waals surface area contributed by atoms with Crippen LogP contribution in [0.5, 0.6) is 0 Å². The Bertz CT molecular complexity index is 101. The molecule has 0 amide bonds. The van der Waals surface area contributed by atoms with Crippen molar-refractivity contribution in [3.8, 4) is 0 Å². The van der Waals surface area contributed by atoms with E-state index in [1.807, 2.05) is 6.92 Å². The van der Waals surface area contributed by atoms with E-state index in [0.717, 1.165) is 0 Å². The summed E-state index contributed by atoms with van der Waals surface area (Å²) in [7, 11) is 0. The van der Waals surface area contributed by atoms with Crippen LogP contribution in [-0.2, 0) is 24.7 Å². The standard InChI is InChI=1S/C6H9.Zr/c1-5(2)6(3)4;/h1H,3H2,2,4H3;. The van der Waals surface area contributed by atoms with Gasteiger partial charge in [-0.05, 0) is 0 Å². The molecular weight excluding hydrogens is 163 g/mol. The van der Waals surface area contributed by atoms with Crippen LogP contribution in [0.3, 0.4) is 0 Å². The van der Waals surface area contributed by atoms with E-state index < -0.39 is 0 Å². The third-order valence-electron chi connectivity index (χ3n) is 0.890. The summed E-state index contributed by atoms with van der Waals surface area (Å²) in [4.78, 5) is 0. The molecule has 0 aromatic rings. The van der Waals surface area contributed by atoms with E-state index in [4.69, 9.17) is 0 Å². The van der Waals surface area contributed by atoms with Gasteiger partial charge in [0.1, 0.15) is 0 Å². The van der Waals surface area contributed by atoms with Gasteiger partial charge in [0.25, 0.3) is 0 Å². The van der Waals surface area contributed by atoms with E-state index in [1.54, 1.807) is 0 Å². The summed E-state index contributed by atoms with van der Waals surface area (Å²) in [6.45, 7) is 7.88. The molecule has 0 aliphatic carbocycles. The van der Waals surface area contributed by atoms with Crippen LogP contribution in [0.2, 0.25) is 0 Å². The Balaban J connectivity index is 3.82. The normalized spacial score (nSPS) is 11.3. The van der Waals surface area contributed by atoms with E-state index in [1.165, 1.54) is 35.9 Å². The molecule has 0 atom stereocenters. The predicted molar refractivity (Wildman–Crippen MR) is 28.6 cm³/mol. The number of hydrogen-bond acceptors (Lipinski definition) is 0. The zero-order valence-electron chi connectivity index (χ0n) is 4.78. The summed E-state index contributed by atoms with van der Waals surface area (Å²) < 4.78 is 2.15. The van der Waals surface area contributed by atoms with Gasteiger partial charge in [0.15, 0.2) is 0 Å². The molecular formula is C6H9Zr. The van der Waals surface area contributed by atoms with Gasteiger partial charge in [-0.2, -0.15) is 0 Å². The first-order chi connectivity index (χ1) is 3.18. The maximum absolute atomic E-state index is 3.77. The minimum absolute atomic E-state index is 1.18. The summed E-state index contributed by atoms with van der Waals surface area (Å²) in [5, 5.41) is 0. The van der Waals surface area contributed by atoms with Gasteiger partial charge >= 0.3 is 60.1 Å². The molecule has 0 aromatic carbocycles. The van der Waals surface area contributed by atoms with Gasteiger partial charge in [-0.3, -0.25) is 0 Å². The van der Waals surface area contributed by atoms with E-state index in [0.29, 0.717) is 0 Å². The third kappa shape index (κ3) is 2.99. The molecule has 0 unspecified atom stereocenters. The van der Waals surface area contributed by atoms with Crippen LogP contribution in [0.4, 0.5) is 0 Å². The molecule has 1 heteroatoms. The molecule has 0 N–H and O–H groups in total. The summed E-state index contributed by atoms with van der Waals surface area (Å²) >= 11 is 1.45. The average Bonchev–Trinajstić information content (AvgIpc) is 1.65. The Morgan fingerprint density at radius 1 is 1.57 bits per heavy atom. The van der Waals surface area contributed by atoms with E-state index >= 15 is 0 Å². The molecule has 0 saturated carbocycles. The molecule has 0 aromatic heterocycles. The molecule has 0 aliphatic heterocycles. The van der Waals surface area contributed by atoms with Crippen LogP contribution in [-0.4, -0.2) is 0 Å². The molecule has 0 fully saturated rings. The zero-order chi connectivity index (χ0) is 5.86. The summed E-state index contributed by atoms with van der Waals surface area (Å²) in [6.07, 6.45) is 0. The Morgan fingerprint density at radius 3 is 2.00 bits per heavy atom. The molecule has 0 radical (unpaired) electrons. The fourth-order valence-electron chi connectivity index (χ4n) is 0.123. The van der Waals surface area contributed by atoms with Crippen LogP contribution >= 0.6 is 0 Å². The van der Waals surface area contributed by atoms with Crippen molar-refractivity contribution in [3.63, 3.8) is 0 Å². The Labute approximate surface area is 60.2 Å². The van der Waals surface area contributed by atoms with Gasteiger partial charge in [0, 0.05) is 0 Å². The number of allylic oxidation sites excluding steroid dienone is 2. The van der Waals surface area contributed by atoms with Gasteiger partial charge in [-0.15, -0.1) is 0 Å². The van der Waals surface area contributed by atoms with Crippen molar-refractivity contribution in [2.45, 2.75) is 13.8 Å². The molecule has 0 saturated heterocycles. The SMILES string of the molecule is C=C(C)C(C)=[CH][Zr]. The van der Waals surface area contributed by atoms with E-state index in [9.17, 15) is 0 Å². The molecule has 0 heterocycles. The molecule has 0 spiro atoms. The fraction of sp³-hybridized carbons (Fsp3) is 0.333. The molecule has 0 rings (SSSR count). The van der Waals surface area contributed by atoms with Crippen molar-refractivity contribution in [2.24, 2.45) is 0 Å². The summed E-state index contributed by atoms with van der Waals surface area (Å²) in [5.74, 6) is 0. The molecule has 37 valence electrons. The fourth-order valence-corrected chi connectivity index (χ4v) is 0.729. The van der Waals surface area contributed by atoms with Gasteiger partial charge in [0.2, 0.25) is 0 Å². The van der Waals surface area contributed by atoms with E-state index in [2.05, 4.69) is 17.3 Å². The quantitative estimate of drug-likeness (QED) is 0.531. The summed E-state index contributed by atoms with van der Waals surface area (Å²) in [6, 6.07) is 0. The van der Waals surface area contributed by atoms with Gasteiger partial charge in [0.05, 0.1) is 0 Å². The Morgan fingerprint density at radius 2 is 2.00 bits per heavy atom. The zero-order valence-corrected chi connectivity index (χ0v) is 7.24. The van der Waals surface area contributed by atoms with Crippen molar-refractivity contribution in [3.05, 3.63) is 21.5 Å². The van der Waals surface area contributed by atoms with Crippen LogP contribution in [0, 0.1) is 0 Å². The molecule has 0 nitrogen and oxygen atoms in total. The number of hydrogen-bond donors (Lipinski definition) is 0. The first kappa shape index (κ1) is 7.36. The third-order valence-corrected chi connectivity index (χ3v) is 1.95. The van der Waals surface area contributed by atoms with Crippen LogP contribution in [0.1, 0.15) is 13.8 Å². The Hall–Kier alpha value is 0.363. The number of rotatable bonds is 1. The monoisotopic (exact) mass is 171 g/mol. The van der Waals surface area contributed by atoms with Crippen molar-refractivity contribution < 1.29 is 24.7 Å². The average molecular weight is 172 g/mol. The van der Waals surface area contributed by atoms with Crippen molar-refractivity contribution in [2.75, 3.05) is 0 Å². The molecule has 0 aliphatic rings. The first-order valence-corrected chi connectivity index (χ1v) is 3.60. The van der Waals surface area contributed by atoms with Gasteiger partial charge < -0.3 is 0 Å². The second-order valence-electron chi connectivity index (χ2n) is 1.61.